The highest BCUT2D eigenvalue weighted by Gasteiger charge is 2.15. The summed E-state index contributed by atoms with van der Waals surface area (Å²) in [6.07, 6.45) is 0. The van der Waals surface area contributed by atoms with Gasteiger partial charge >= 0.3 is 0 Å². The first-order chi connectivity index (χ1) is 27.9. The van der Waals surface area contributed by atoms with Gasteiger partial charge in [0.15, 0.2) is 0 Å². The number of rotatable bonds is 8. The molecule has 1 heteroatoms. The monoisotopic (exact) mass is 679 g/mol. The molecule has 0 radical (unpaired) electrons. The van der Waals surface area contributed by atoms with Gasteiger partial charge in [-0.05, 0) is 109 Å². The Morgan fingerprint density at radius 1 is 0.321 bits per heavy atom. The molecule has 0 heterocycles. The van der Waals surface area contributed by atoms with Crippen LogP contribution in [0.2, 0.25) is 0 Å². The molecule has 9 aromatic rings. The fourth-order valence-electron chi connectivity index (χ4n) is 7.03. The maximum Gasteiger partial charge on any atom is 0.0651 e. The lowest BCUT2D eigenvalue weighted by Crippen LogP contribution is -2.10. The summed E-state index contributed by atoms with van der Waals surface area (Å²) in [5.74, 6) is 0. The van der Waals surface area contributed by atoms with E-state index in [2.05, 4.69) is 97.1 Å². The minimum atomic E-state index is -0.224. The van der Waals surface area contributed by atoms with E-state index < -0.39 is 0 Å². The molecule has 9 aromatic carbocycles. The van der Waals surface area contributed by atoms with Crippen molar-refractivity contribution < 1.29 is 5.48 Å². The number of hydrogen-bond donors (Lipinski definition) is 0. The second-order valence-electron chi connectivity index (χ2n) is 13.1. The van der Waals surface area contributed by atoms with Crippen LogP contribution in [-0.2, 0) is 0 Å². The normalized spacial score (nSPS) is 12.1. The predicted octanol–water partition coefficient (Wildman–Crippen LogP) is 14.6. The largest absolute Gasteiger partial charge is 0.310 e. The molecule has 0 spiro atoms. The van der Waals surface area contributed by atoms with Crippen LogP contribution in [0.4, 0.5) is 17.1 Å². The molecular formula is C52H37N. The quantitative estimate of drug-likeness (QED) is 0.154. The van der Waals surface area contributed by atoms with Crippen LogP contribution >= 0.6 is 0 Å². The molecule has 0 aromatic heterocycles. The van der Waals surface area contributed by atoms with Crippen molar-refractivity contribution in [2.75, 3.05) is 4.90 Å². The minimum Gasteiger partial charge on any atom is -0.310 e. The van der Waals surface area contributed by atoms with Crippen molar-refractivity contribution in [2.45, 2.75) is 0 Å². The molecule has 0 atom stereocenters. The fourth-order valence-corrected chi connectivity index (χ4v) is 7.03. The Morgan fingerprint density at radius 3 is 1.36 bits per heavy atom. The maximum atomic E-state index is 9.75. The third-order valence-electron chi connectivity index (χ3n) is 9.77. The zero-order valence-corrected chi connectivity index (χ0v) is 29.0. The molecule has 0 bridgehead atoms. The Hall–Kier alpha value is -6.96. The maximum absolute atomic E-state index is 9.75. The van der Waals surface area contributed by atoms with Gasteiger partial charge in [0.1, 0.15) is 0 Å². The van der Waals surface area contributed by atoms with Gasteiger partial charge < -0.3 is 4.90 Å². The van der Waals surface area contributed by atoms with Crippen LogP contribution < -0.4 is 4.90 Å². The van der Waals surface area contributed by atoms with E-state index in [1.54, 1.807) is 0 Å². The number of nitrogens with zero attached hydrogens (tertiary/aromatic N) is 1. The standard InChI is InChI=1S/C52H37N/c1-3-12-38(13-4-1)40-24-26-41(27-25-40)42-28-32-48(33-29-42)53(50-21-10-20-47(37-50)52-23-11-17-44-16-7-8-22-51(44)52)49-34-30-43(31-35-49)46-19-9-18-45(36-46)39-14-5-2-6-15-39/h1-37H/i10D,20D,21D,37D. The van der Waals surface area contributed by atoms with E-state index in [0.717, 1.165) is 66.7 Å². The van der Waals surface area contributed by atoms with Crippen LogP contribution in [0.1, 0.15) is 5.48 Å². The average molecular weight is 680 g/mol. The van der Waals surface area contributed by atoms with Gasteiger partial charge in [0, 0.05) is 17.1 Å². The van der Waals surface area contributed by atoms with Crippen molar-refractivity contribution in [2.24, 2.45) is 0 Å². The minimum absolute atomic E-state index is 0.0255. The Bertz CT molecular complexity index is 2850. The molecule has 0 saturated heterocycles. The molecule has 0 aliphatic rings. The number of benzene rings is 9. The first-order valence-corrected chi connectivity index (χ1v) is 17.8. The van der Waals surface area contributed by atoms with Gasteiger partial charge in [0.25, 0.3) is 0 Å². The molecule has 250 valence electrons. The summed E-state index contributed by atoms with van der Waals surface area (Å²) in [7, 11) is 0. The summed E-state index contributed by atoms with van der Waals surface area (Å²) in [5, 5.41) is 1.87. The SMILES string of the molecule is [2H]c1c([2H])c(-c2cccc3ccccc23)c([2H])c(N(c2ccc(-c3ccc(-c4ccccc4)cc3)cc2)c2ccc(-c3cccc(-c4ccccc4)c3)cc2)c1[2H]. The molecule has 0 aliphatic carbocycles. The zero-order chi connectivity index (χ0) is 38.9. The van der Waals surface area contributed by atoms with Crippen LogP contribution in [0, 0.1) is 0 Å². The fraction of sp³-hybridized carbons (Fsp3) is 0. The summed E-state index contributed by atoms with van der Waals surface area (Å²) in [4.78, 5) is 1.89. The Labute approximate surface area is 317 Å². The number of hydrogen-bond acceptors (Lipinski definition) is 1. The lowest BCUT2D eigenvalue weighted by atomic mass is 9.97. The van der Waals surface area contributed by atoms with Crippen molar-refractivity contribution in [1.29, 1.82) is 0 Å². The van der Waals surface area contributed by atoms with E-state index in [4.69, 9.17) is 2.74 Å². The second-order valence-corrected chi connectivity index (χ2v) is 13.1. The van der Waals surface area contributed by atoms with Gasteiger partial charge in [0.2, 0.25) is 0 Å². The smallest absolute Gasteiger partial charge is 0.0651 e. The molecule has 0 amide bonds. The summed E-state index contributed by atoms with van der Waals surface area (Å²) >= 11 is 0. The molecule has 0 aliphatic heterocycles. The van der Waals surface area contributed by atoms with Crippen LogP contribution in [-0.4, -0.2) is 0 Å². The van der Waals surface area contributed by atoms with Crippen molar-refractivity contribution in [1.82, 2.24) is 0 Å². The molecule has 9 rings (SSSR count). The summed E-state index contributed by atoms with van der Waals surface area (Å²) < 4.78 is 37.2. The van der Waals surface area contributed by atoms with Crippen LogP contribution in [0.5, 0.6) is 0 Å². The van der Waals surface area contributed by atoms with Crippen molar-refractivity contribution in [3.05, 3.63) is 224 Å². The van der Waals surface area contributed by atoms with E-state index in [1.807, 2.05) is 108 Å². The second kappa shape index (κ2) is 14.3. The molecule has 0 saturated carbocycles. The lowest BCUT2D eigenvalue weighted by molar-refractivity contribution is 1.28. The van der Waals surface area contributed by atoms with Gasteiger partial charge in [-0.15, -0.1) is 0 Å². The lowest BCUT2D eigenvalue weighted by Gasteiger charge is -2.26. The Kier molecular flexibility index (Phi) is 7.50. The van der Waals surface area contributed by atoms with Gasteiger partial charge in [-0.25, -0.2) is 0 Å². The third-order valence-corrected chi connectivity index (χ3v) is 9.77. The molecule has 0 fully saturated rings. The molecular weight excluding hydrogens is 639 g/mol. The van der Waals surface area contributed by atoms with Gasteiger partial charge in [-0.1, -0.05) is 182 Å². The highest BCUT2D eigenvalue weighted by atomic mass is 15.1. The van der Waals surface area contributed by atoms with E-state index in [9.17, 15) is 2.74 Å². The molecule has 1 nitrogen and oxygen atoms in total. The van der Waals surface area contributed by atoms with Crippen molar-refractivity contribution in [3.8, 4) is 55.6 Å². The third kappa shape index (κ3) is 6.65. The highest BCUT2D eigenvalue weighted by Crippen LogP contribution is 2.40. The average Bonchev–Trinajstić information content (AvgIpc) is 3.28. The predicted molar refractivity (Wildman–Crippen MR) is 226 cm³/mol. The highest BCUT2D eigenvalue weighted by molar-refractivity contribution is 5.97. The first kappa shape index (κ1) is 27.7. The van der Waals surface area contributed by atoms with Crippen molar-refractivity contribution in [3.63, 3.8) is 0 Å². The summed E-state index contributed by atoms with van der Waals surface area (Å²) in [6.45, 7) is 0. The Balaban J connectivity index is 1.17. The van der Waals surface area contributed by atoms with Gasteiger partial charge in [-0.3, -0.25) is 0 Å². The topological polar surface area (TPSA) is 3.24 Å². The molecule has 0 unspecified atom stereocenters. The molecule has 53 heavy (non-hydrogen) atoms. The van der Waals surface area contributed by atoms with Crippen LogP contribution in [0.15, 0.2) is 224 Å². The van der Waals surface area contributed by atoms with E-state index in [0.29, 0.717) is 11.1 Å². The van der Waals surface area contributed by atoms with Gasteiger partial charge in [-0.2, -0.15) is 0 Å². The van der Waals surface area contributed by atoms with Crippen LogP contribution in [0.3, 0.4) is 0 Å². The van der Waals surface area contributed by atoms with Gasteiger partial charge in [0.05, 0.1) is 5.48 Å². The first-order valence-electron chi connectivity index (χ1n) is 19.8. The van der Waals surface area contributed by atoms with E-state index in [1.165, 1.54) is 0 Å². The van der Waals surface area contributed by atoms with E-state index >= 15 is 0 Å². The Morgan fingerprint density at radius 2 is 0.755 bits per heavy atom. The van der Waals surface area contributed by atoms with E-state index in [-0.39, 0.29) is 29.9 Å². The number of fused-ring (bicyclic) bond motifs is 1. The number of anilines is 3. The van der Waals surface area contributed by atoms with Crippen LogP contribution in [0.25, 0.3) is 66.4 Å². The summed E-state index contributed by atoms with van der Waals surface area (Å²) in [6, 6.07) is 67.1. The zero-order valence-electron chi connectivity index (χ0n) is 33.0. The van der Waals surface area contributed by atoms with Crippen molar-refractivity contribution >= 4 is 27.8 Å². The molecule has 0 N–H and O–H groups in total. The summed E-state index contributed by atoms with van der Waals surface area (Å²) in [5.41, 5.74) is 11.5.